The first-order chi connectivity index (χ1) is 7.81. The summed E-state index contributed by atoms with van der Waals surface area (Å²) < 4.78 is 0. The standard InChI is InChI=1S/C12H17N3O/c1-2-13-11-6-5-10(9-14-11)12(16)15-7-3-4-8-15/h5-6,9H,2-4,7-8H2,1H3,(H,13,14). The molecule has 0 bridgehead atoms. The number of likely N-dealkylation sites (tertiary alicyclic amines) is 1. The fourth-order valence-corrected chi connectivity index (χ4v) is 1.91. The summed E-state index contributed by atoms with van der Waals surface area (Å²) in [6, 6.07) is 3.69. The van der Waals surface area contributed by atoms with Crippen LogP contribution < -0.4 is 5.32 Å². The lowest BCUT2D eigenvalue weighted by molar-refractivity contribution is 0.0792. The quantitative estimate of drug-likeness (QED) is 0.842. The Bertz CT molecular complexity index is 355. The minimum absolute atomic E-state index is 0.105. The van der Waals surface area contributed by atoms with E-state index in [1.807, 2.05) is 24.0 Å². The number of pyridine rings is 1. The van der Waals surface area contributed by atoms with Gasteiger partial charge in [-0.1, -0.05) is 0 Å². The van der Waals surface area contributed by atoms with E-state index < -0.39 is 0 Å². The molecule has 0 aromatic carbocycles. The molecule has 1 amide bonds. The Morgan fingerprint density at radius 2 is 2.19 bits per heavy atom. The Labute approximate surface area is 95.7 Å². The maximum Gasteiger partial charge on any atom is 0.255 e. The van der Waals surface area contributed by atoms with Gasteiger partial charge in [-0.15, -0.1) is 0 Å². The van der Waals surface area contributed by atoms with Gasteiger partial charge < -0.3 is 10.2 Å². The molecule has 4 heteroatoms. The van der Waals surface area contributed by atoms with Crippen molar-refractivity contribution in [3.8, 4) is 0 Å². The number of rotatable bonds is 3. The van der Waals surface area contributed by atoms with Crippen molar-refractivity contribution in [2.24, 2.45) is 0 Å². The van der Waals surface area contributed by atoms with Crippen LogP contribution in [0.5, 0.6) is 0 Å². The summed E-state index contributed by atoms with van der Waals surface area (Å²) in [6.45, 7) is 4.62. The summed E-state index contributed by atoms with van der Waals surface area (Å²) in [5.74, 6) is 0.925. The number of nitrogens with zero attached hydrogens (tertiary/aromatic N) is 2. The predicted octanol–water partition coefficient (Wildman–Crippen LogP) is 1.75. The molecule has 0 unspecified atom stereocenters. The van der Waals surface area contributed by atoms with Crippen LogP contribution >= 0.6 is 0 Å². The summed E-state index contributed by atoms with van der Waals surface area (Å²) in [4.78, 5) is 18.1. The molecule has 0 saturated carbocycles. The van der Waals surface area contributed by atoms with E-state index in [1.54, 1.807) is 6.20 Å². The largest absolute Gasteiger partial charge is 0.370 e. The van der Waals surface area contributed by atoms with Crippen molar-refractivity contribution in [2.45, 2.75) is 19.8 Å². The van der Waals surface area contributed by atoms with E-state index in [2.05, 4.69) is 10.3 Å². The number of hydrogen-bond acceptors (Lipinski definition) is 3. The molecule has 4 nitrogen and oxygen atoms in total. The third-order valence-corrected chi connectivity index (χ3v) is 2.76. The summed E-state index contributed by atoms with van der Waals surface area (Å²) in [6.07, 6.45) is 3.89. The molecular formula is C12H17N3O. The van der Waals surface area contributed by atoms with Crippen LogP contribution in [0.3, 0.4) is 0 Å². The smallest absolute Gasteiger partial charge is 0.255 e. The van der Waals surface area contributed by atoms with Crippen molar-refractivity contribution in [3.63, 3.8) is 0 Å². The second-order valence-electron chi connectivity index (χ2n) is 3.96. The molecule has 86 valence electrons. The molecule has 2 heterocycles. The first-order valence-corrected chi connectivity index (χ1v) is 5.80. The Kier molecular flexibility index (Phi) is 3.39. The van der Waals surface area contributed by atoms with E-state index in [-0.39, 0.29) is 5.91 Å². The van der Waals surface area contributed by atoms with Crippen molar-refractivity contribution in [1.82, 2.24) is 9.88 Å². The first-order valence-electron chi connectivity index (χ1n) is 5.80. The van der Waals surface area contributed by atoms with Crippen LogP contribution in [0.4, 0.5) is 5.82 Å². The fraction of sp³-hybridized carbons (Fsp3) is 0.500. The summed E-state index contributed by atoms with van der Waals surface area (Å²) >= 11 is 0. The first kappa shape index (κ1) is 10.9. The zero-order valence-electron chi connectivity index (χ0n) is 9.57. The molecule has 0 aliphatic carbocycles. The Balaban J connectivity index is 2.05. The van der Waals surface area contributed by atoms with Gasteiger partial charge in [-0.05, 0) is 31.9 Å². The summed E-state index contributed by atoms with van der Waals surface area (Å²) in [7, 11) is 0. The molecule has 1 aliphatic rings. The highest BCUT2D eigenvalue weighted by atomic mass is 16.2. The molecule has 1 aliphatic heterocycles. The van der Waals surface area contributed by atoms with Crippen molar-refractivity contribution in [3.05, 3.63) is 23.9 Å². The molecule has 0 spiro atoms. The summed E-state index contributed by atoms with van der Waals surface area (Å²) in [5, 5.41) is 3.11. The van der Waals surface area contributed by atoms with Crippen molar-refractivity contribution in [1.29, 1.82) is 0 Å². The van der Waals surface area contributed by atoms with Gasteiger partial charge in [-0.25, -0.2) is 4.98 Å². The average Bonchev–Trinajstić information content (AvgIpc) is 2.83. The molecule has 1 fully saturated rings. The Morgan fingerprint density at radius 3 is 2.75 bits per heavy atom. The highest BCUT2D eigenvalue weighted by Gasteiger charge is 2.19. The van der Waals surface area contributed by atoms with E-state index in [4.69, 9.17) is 0 Å². The number of aromatic nitrogens is 1. The van der Waals surface area contributed by atoms with Gasteiger partial charge in [-0.2, -0.15) is 0 Å². The molecule has 1 aromatic heterocycles. The van der Waals surface area contributed by atoms with Crippen LogP contribution in [0.15, 0.2) is 18.3 Å². The van der Waals surface area contributed by atoms with E-state index in [1.165, 1.54) is 0 Å². The number of hydrogen-bond donors (Lipinski definition) is 1. The van der Waals surface area contributed by atoms with Crippen LogP contribution in [-0.2, 0) is 0 Å². The minimum Gasteiger partial charge on any atom is -0.370 e. The summed E-state index contributed by atoms with van der Waals surface area (Å²) in [5.41, 5.74) is 0.684. The molecule has 1 saturated heterocycles. The Morgan fingerprint density at radius 1 is 1.44 bits per heavy atom. The Hall–Kier alpha value is -1.58. The molecule has 2 rings (SSSR count). The van der Waals surface area contributed by atoms with Crippen molar-refractivity contribution < 1.29 is 4.79 Å². The van der Waals surface area contributed by atoms with E-state index in [0.29, 0.717) is 5.56 Å². The maximum atomic E-state index is 12.0. The van der Waals surface area contributed by atoms with E-state index in [9.17, 15) is 4.79 Å². The lowest BCUT2D eigenvalue weighted by Gasteiger charge is -2.14. The highest BCUT2D eigenvalue weighted by Crippen LogP contribution is 2.13. The van der Waals surface area contributed by atoms with E-state index in [0.717, 1.165) is 38.3 Å². The van der Waals surface area contributed by atoms with Gasteiger partial charge in [0.25, 0.3) is 5.91 Å². The van der Waals surface area contributed by atoms with Crippen LogP contribution in [0.2, 0.25) is 0 Å². The topological polar surface area (TPSA) is 45.2 Å². The molecule has 0 radical (unpaired) electrons. The molecule has 0 atom stereocenters. The van der Waals surface area contributed by atoms with Gasteiger partial charge in [0.05, 0.1) is 5.56 Å². The van der Waals surface area contributed by atoms with Gasteiger partial charge in [0, 0.05) is 25.8 Å². The van der Waals surface area contributed by atoms with Crippen LogP contribution in [0.25, 0.3) is 0 Å². The molecular weight excluding hydrogens is 202 g/mol. The molecule has 1 aromatic rings. The number of nitrogens with one attached hydrogen (secondary N) is 1. The maximum absolute atomic E-state index is 12.0. The van der Waals surface area contributed by atoms with Gasteiger partial charge in [0.2, 0.25) is 0 Å². The lowest BCUT2D eigenvalue weighted by atomic mass is 10.2. The van der Waals surface area contributed by atoms with Gasteiger partial charge in [0.1, 0.15) is 5.82 Å². The van der Waals surface area contributed by atoms with Gasteiger partial charge in [0.15, 0.2) is 0 Å². The number of carbonyl (C=O) groups is 1. The normalized spacial score (nSPS) is 15.2. The second-order valence-corrected chi connectivity index (χ2v) is 3.96. The third kappa shape index (κ3) is 2.32. The van der Waals surface area contributed by atoms with Crippen LogP contribution in [0.1, 0.15) is 30.1 Å². The zero-order valence-corrected chi connectivity index (χ0v) is 9.57. The third-order valence-electron chi connectivity index (χ3n) is 2.76. The number of amides is 1. The monoisotopic (exact) mass is 219 g/mol. The SMILES string of the molecule is CCNc1ccc(C(=O)N2CCCC2)cn1. The molecule has 16 heavy (non-hydrogen) atoms. The minimum atomic E-state index is 0.105. The van der Waals surface area contributed by atoms with E-state index >= 15 is 0 Å². The number of carbonyl (C=O) groups excluding carboxylic acids is 1. The van der Waals surface area contributed by atoms with Crippen molar-refractivity contribution >= 4 is 11.7 Å². The second kappa shape index (κ2) is 4.96. The predicted molar refractivity (Wildman–Crippen MR) is 63.5 cm³/mol. The van der Waals surface area contributed by atoms with Crippen LogP contribution in [0, 0.1) is 0 Å². The fourth-order valence-electron chi connectivity index (χ4n) is 1.91. The zero-order chi connectivity index (χ0) is 11.4. The van der Waals surface area contributed by atoms with Crippen LogP contribution in [-0.4, -0.2) is 35.4 Å². The van der Waals surface area contributed by atoms with Gasteiger partial charge in [-0.3, -0.25) is 4.79 Å². The average molecular weight is 219 g/mol. The van der Waals surface area contributed by atoms with Crippen molar-refractivity contribution in [2.75, 3.05) is 25.0 Å². The number of anilines is 1. The lowest BCUT2D eigenvalue weighted by Crippen LogP contribution is -2.27. The molecule has 1 N–H and O–H groups in total. The van der Waals surface area contributed by atoms with Gasteiger partial charge >= 0.3 is 0 Å². The highest BCUT2D eigenvalue weighted by molar-refractivity contribution is 5.94.